The first-order chi connectivity index (χ1) is 15.3. The Labute approximate surface area is 191 Å². The Balaban J connectivity index is 1.78. The van der Waals surface area contributed by atoms with Crippen LogP contribution in [-0.2, 0) is 13.2 Å². The van der Waals surface area contributed by atoms with Crippen LogP contribution in [0, 0.1) is 0 Å². The van der Waals surface area contributed by atoms with E-state index in [0.717, 1.165) is 42.6 Å². The Hall–Kier alpha value is -3.06. The summed E-state index contributed by atoms with van der Waals surface area (Å²) in [5.41, 5.74) is 6.05. The number of hydrogen-bond donors (Lipinski definition) is 0. The van der Waals surface area contributed by atoms with Crippen molar-refractivity contribution in [1.29, 1.82) is 0 Å². The molecule has 2 heterocycles. The molecule has 0 saturated heterocycles. The Morgan fingerprint density at radius 2 is 1.25 bits per heavy atom. The Kier molecular flexibility index (Phi) is 5.09. The molecule has 2 nitrogen and oxygen atoms in total. The number of halogens is 3. The van der Waals surface area contributed by atoms with Gasteiger partial charge in [-0.1, -0.05) is 0 Å². The van der Waals surface area contributed by atoms with Gasteiger partial charge < -0.3 is 0 Å². The zero-order valence-corrected chi connectivity index (χ0v) is 19.7. The first-order valence-electron chi connectivity index (χ1n) is 10.2. The summed E-state index contributed by atoms with van der Waals surface area (Å²) in [6.07, 6.45) is -3.15. The molecule has 4 aromatic rings. The summed E-state index contributed by atoms with van der Waals surface area (Å²) in [5, 5.41) is 0. The summed E-state index contributed by atoms with van der Waals surface area (Å²) in [6.45, 7) is 0. The maximum atomic E-state index is 13.3. The van der Waals surface area contributed by atoms with Gasteiger partial charge in [0.25, 0.3) is 0 Å². The molecule has 5 rings (SSSR count). The molecule has 0 N–H and O–H groups in total. The van der Waals surface area contributed by atoms with Crippen LogP contribution in [0.2, 0.25) is 0 Å². The number of rotatable bonds is 2. The van der Waals surface area contributed by atoms with Gasteiger partial charge in [-0.05, 0) is 0 Å². The molecule has 1 aliphatic rings. The van der Waals surface area contributed by atoms with Gasteiger partial charge in [0.1, 0.15) is 0 Å². The zero-order chi connectivity index (χ0) is 22.5. The van der Waals surface area contributed by atoms with Crippen molar-refractivity contribution < 1.29 is 17.7 Å². The van der Waals surface area contributed by atoms with Crippen LogP contribution >= 0.6 is 0 Å². The molecule has 0 saturated carbocycles. The van der Waals surface area contributed by atoms with E-state index in [-0.39, 0.29) is 0 Å². The molecule has 3 aromatic carbocycles. The van der Waals surface area contributed by atoms with E-state index in [2.05, 4.69) is 41.0 Å². The number of nitrogens with zero attached hydrogens (tertiary/aromatic N) is 2. The molecular formula is C26H20F3GeN2+. The molecule has 0 bridgehead atoms. The fraction of sp³-hybridized carbons (Fsp3) is 0.115. The minimum atomic E-state index is -4.34. The molecule has 2 radical (unpaired) electrons. The molecule has 0 amide bonds. The molecule has 0 spiro atoms. The van der Waals surface area contributed by atoms with E-state index >= 15 is 0 Å². The number of aryl methyl sites for hydroxylation is 1. The summed E-state index contributed by atoms with van der Waals surface area (Å²) < 4.78 is 45.6. The minimum absolute atomic E-state index is 0.591. The molecule has 0 atom stereocenters. The van der Waals surface area contributed by atoms with Crippen molar-refractivity contribution in [3.8, 4) is 22.3 Å². The van der Waals surface area contributed by atoms with E-state index in [0.29, 0.717) is 0 Å². The number of fused-ring (bicyclic) bond motifs is 5. The van der Waals surface area contributed by atoms with E-state index < -0.39 is 27.2 Å². The SMILES string of the molecule is Cn1cc(C(F)(F)F)c[c]1[Ge][C]1=[N+](C)c2ccccc2-c2ccccc2-c2ccccc21. The van der Waals surface area contributed by atoms with Crippen LogP contribution < -0.4 is 4.53 Å². The van der Waals surface area contributed by atoms with Crippen molar-refractivity contribution in [1.82, 2.24) is 4.57 Å². The van der Waals surface area contributed by atoms with Crippen molar-refractivity contribution in [3.63, 3.8) is 0 Å². The van der Waals surface area contributed by atoms with Gasteiger partial charge in [-0.25, -0.2) is 0 Å². The van der Waals surface area contributed by atoms with Crippen molar-refractivity contribution in [2.24, 2.45) is 7.05 Å². The fourth-order valence-electron chi connectivity index (χ4n) is 4.29. The Morgan fingerprint density at radius 1 is 0.750 bits per heavy atom. The average Bonchev–Trinajstić information content (AvgIpc) is 3.17. The molecule has 1 aliphatic heterocycles. The maximum absolute atomic E-state index is 13.3. The third-order valence-corrected chi connectivity index (χ3v) is 9.22. The van der Waals surface area contributed by atoms with E-state index in [4.69, 9.17) is 0 Å². The summed E-state index contributed by atoms with van der Waals surface area (Å²) in [5.74, 6) is 0. The molecule has 1 aromatic heterocycles. The number of aromatic nitrogens is 1. The molecule has 0 aliphatic carbocycles. The predicted octanol–water partition coefficient (Wildman–Crippen LogP) is 5.44. The standard InChI is InChI=1S/C26H20F3GeN2/c1-31-16-17(26(27,28)29)15-24(31)30-25-22-13-6-5-11-20(22)18-9-3-4-10-19(18)21-12-7-8-14-23(21)32(25)2/h3-16H,1-2H3/q+1. The van der Waals surface area contributed by atoms with Crippen LogP contribution in [-0.4, -0.2) is 36.2 Å². The van der Waals surface area contributed by atoms with Gasteiger partial charge in [0.05, 0.1) is 0 Å². The zero-order valence-electron chi connectivity index (χ0n) is 17.6. The molecule has 0 unspecified atom stereocenters. The third-order valence-electron chi connectivity index (χ3n) is 5.87. The summed E-state index contributed by atoms with van der Waals surface area (Å²) in [7, 11) is 3.72. The van der Waals surface area contributed by atoms with Gasteiger partial charge >= 0.3 is 191 Å². The van der Waals surface area contributed by atoms with Crippen LogP contribution in [0.15, 0.2) is 85.1 Å². The Bertz CT molecular complexity index is 1370. The average molecular weight is 490 g/mol. The molecular weight excluding hydrogens is 470 g/mol. The molecule has 158 valence electrons. The van der Waals surface area contributed by atoms with Crippen LogP contribution in [0.1, 0.15) is 11.1 Å². The van der Waals surface area contributed by atoms with Gasteiger partial charge in [-0.2, -0.15) is 0 Å². The predicted molar refractivity (Wildman–Crippen MR) is 123 cm³/mol. The second kappa shape index (κ2) is 7.82. The van der Waals surface area contributed by atoms with Gasteiger partial charge in [0.2, 0.25) is 0 Å². The summed E-state index contributed by atoms with van der Waals surface area (Å²) in [4.78, 5) is 0. The van der Waals surface area contributed by atoms with Crippen molar-refractivity contribution >= 4 is 30.2 Å². The fourth-order valence-corrected chi connectivity index (χ4v) is 7.13. The van der Waals surface area contributed by atoms with Crippen LogP contribution in [0.3, 0.4) is 0 Å². The van der Waals surface area contributed by atoms with Crippen molar-refractivity contribution in [2.75, 3.05) is 7.05 Å². The Morgan fingerprint density at radius 3 is 1.84 bits per heavy atom. The van der Waals surface area contributed by atoms with Gasteiger partial charge in [0, 0.05) is 0 Å². The quantitative estimate of drug-likeness (QED) is 0.261. The number of para-hydroxylation sites is 1. The van der Waals surface area contributed by atoms with E-state index in [9.17, 15) is 13.2 Å². The molecule has 0 fully saturated rings. The topological polar surface area (TPSA) is 7.94 Å². The number of hydrogen-bond acceptors (Lipinski definition) is 0. The second-order valence-electron chi connectivity index (χ2n) is 7.86. The van der Waals surface area contributed by atoms with Gasteiger partial charge in [-0.3, -0.25) is 0 Å². The van der Waals surface area contributed by atoms with E-state index in [1.807, 2.05) is 43.4 Å². The first-order valence-corrected chi connectivity index (χ1v) is 12.3. The van der Waals surface area contributed by atoms with Crippen LogP contribution in [0.5, 0.6) is 0 Å². The number of alkyl halides is 3. The second-order valence-corrected chi connectivity index (χ2v) is 10.5. The molecule has 32 heavy (non-hydrogen) atoms. The van der Waals surface area contributed by atoms with Crippen molar-refractivity contribution in [3.05, 3.63) is 96.2 Å². The summed E-state index contributed by atoms with van der Waals surface area (Å²) in [6, 6.07) is 26.1. The van der Waals surface area contributed by atoms with Crippen LogP contribution in [0.4, 0.5) is 18.9 Å². The normalized spacial score (nSPS) is 13.2. The summed E-state index contributed by atoms with van der Waals surface area (Å²) >= 11 is -1.09. The third kappa shape index (κ3) is 3.50. The molecule has 6 heteroatoms. The van der Waals surface area contributed by atoms with Crippen molar-refractivity contribution in [2.45, 2.75) is 6.18 Å². The monoisotopic (exact) mass is 491 g/mol. The van der Waals surface area contributed by atoms with Gasteiger partial charge in [0.15, 0.2) is 0 Å². The van der Waals surface area contributed by atoms with Crippen LogP contribution in [0.25, 0.3) is 22.3 Å². The van der Waals surface area contributed by atoms with E-state index in [1.165, 1.54) is 12.3 Å². The van der Waals surface area contributed by atoms with E-state index in [1.54, 1.807) is 11.6 Å². The van der Waals surface area contributed by atoms with Gasteiger partial charge in [-0.15, -0.1) is 0 Å². The first kappa shape index (κ1) is 20.8. The number of benzene rings is 3.